The Labute approximate surface area is 112 Å². The van der Waals surface area contributed by atoms with Crippen LogP contribution in [0, 0.1) is 12.7 Å². The summed E-state index contributed by atoms with van der Waals surface area (Å²) in [5.74, 6) is -0.142. The number of halogens is 1. The van der Waals surface area contributed by atoms with E-state index in [0.717, 1.165) is 12.1 Å². The third-order valence-corrected chi connectivity index (χ3v) is 4.32. The van der Waals surface area contributed by atoms with Gasteiger partial charge in [0.25, 0.3) is 0 Å². The highest BCUT2D eigenvalue weighted by Crippen LogP contribution is 2.32. The van der Waals surface area contributed by atoms with Crippen LogP contribution in [0.4, 0.5) is 4.39 Å². The Kier molecular flexibility index (Phi) is 4.15. The number of rotatable bonds is 4. The van der Waals surface area contributed by atoms with Gasteiger partial charge in [0.05, 0.1) is 0 Å². The molecule has 0 saturated heterocycles. The molecule has 0 fully saturated rings. The van der Waals surface area contributed by atoms with Gasteiger partial charge in [-0.2, -0.15) is 0 Å². The van der Waals surface area contributed by atoms with E-state index in [4.69, 9.17) is 0 Å². The van der Waals surface area contributed by atoms with Crippen LogP contribution in [0.5, 0.6) is 0 Å². The van der Waals surface area contributed by atoms with Crippen LogP contribution in [0.15, 0.2) is 30.3 Å². The van der Waals surface area contributed by atoms with E-state index in [1.807, 2.05) is 12.1 Å². The number of hydrogen-bond donors (Lipinski definition) is 1. The first kappa shape index (κ1) is 13.2. The smallest absolute Gasteiger partial charge is 0.126 e. The van der Waals surface area contributed by atoms with Crippen molar-refractivity contribution in [1.29, 1.82) is 0 Å². The van der Waals surface area contributed by atoms with E-state index in [1.165, 1.54) is 15.8 Å². The summed E-state index contributed by atoms with van der Waals surface area (Å²) in [5, 5.41) is 3.40. The first-order valence-electron chi connectivity index (χ1n) is 6.21. The number of benzene rings is 1. The summed E-state index contributed by atoms with van der Waals surface area (Å²) in [7, 11) is 0. The lowest BCUT2D eigenvalue weighted by Crippen LogP contribution is -2.16. The van der Waals surface area contributed by atoms with E-state index < -0.39 is 0 Å². The van der Waals surface area contributed by atoms with Crippen molar-refractivity contribution in [3.8, 4) is 10.4 Å². The Balaban J connectivity index is 2.26. The van der Waals surface area contributed by atoms with E-state index in [0.29, 0.717) is 11.6 Å². The fourth-order valence-corrected chi connectivity index (χ4v) is 2.98. The van der Waals surface area contributed by atoms with Crippen molar-refractivity contribution in [3.05, 3.63) is 46.6 Å². The zero-order valence-corrected chi connectivity index (χ0v) is 11.8. The Hall–Kier alpha value is -1.19. The second-order valence-electron chi connectivity index (χ2n) is 4.45. The van der Waals surface area contributed by atoms with Gasteiger partial charge in [-0.3, -0.25) is 0 Å². The van der Waals surface area contributed by atoms with E-state index in [9.17, 15) is 4.39 Å². The molecule has 1 N–H and O–H groups in total. The molecule has 1 atom stereocenters. The molecule has 0 aliphatic heterocycles. The summed E-state index contributed by atoms with van der Waals surface area (Å²) in [6.07, 6.45) is 0. The summed E-state index contributed by atoms with van der Waals surface area (Å²) >= 11 is 1.76. The van der Waals surface area contributed by atoms with Crippen LogP contribution in [0.25, 0.3) is 10.4 Å². The molecule has 0 amide bonds. The minimum Gasteiger partial charge on any atom is -0.310 e. The van der Waals surface area contributed by atoms with E-state index in [-0.39, 0.29) is 5.82 Å². The van der Waals surface area contributed by atoms with E-state index >= 15 is 0 Å². The fraction of sp³-hybridized carbons (Fsp3) is 0.333. The normalized spacial score (nSPS) is 12.7. The molecule has 0 bridgehead atoms. The van der Waals surface area contributed by atoms with Gasteiger partial charge in [0, 0.05) is 15.8 Å². The monoisotopic (exact) mass is 263 g/mol. The number of aryl methyl sites for hydroxylation is 1. The molecule has 1 nitrogen and oxygen atoms in total. The summed E-state index contributed by atoms with van der Waals surface area (Å²) in [4.78, 5) is 2.51. The molecule has 1 aromatic heterocycles. The molecule has 0 spiro atoms. The molecular weight excluding hydrogens is 245 g/mol. The van der Waals surface area contributed by atoms with Crippen molar-refractivity contribution in [2.75, 3.05) is 6.54 Å². The Morgan fingerprint density at radius 2 is 2.06 bits per heavy atom. The molecular formula is C15H18FNS. The van der Waals surface area contributed by atoms with Gasteiger partial charge in [0.2, 0.25) is 0 Å². The van der Waals surface area contributed by atoms with E-state index in [1.54, 1.807) is 18.3 Å². The summed E-state index contributed by atoms with van der Waals surface area (Å²) < 4.78 is 13.2. The van der Waals surface area contributed by atoms with Crippen LogP contribution in [-0.2, 0) is 0 Å². The van der Waals surface area contributed by atoms with Gasteiger partial charge in [-0.05, 0) is 55.8 Å². The van der Waals surface area contributed by atoms with Gasteiger partial charge in [-0.15, -0.1) is 11.3 Å². The van der Waals surface area contributed by atoms with Gasteiger partial charge in [0.15, 0.2) is 0 Å². The third-order valence-electron chi connectivity index (χ3n) is 3.01. The second kappa shape index (κ2) is 5.63. The first-order valence-corrected chi connectivity index (χ1v) is 7.03. The Bertz CT molecular complexity index is 533. The molecule has 1 aromatic carbocycles. The standard InChI is InChI=1S/C15H18FNS/c1-4-17-11(3)14-7-8-15(18-14)12-5-6-13(16)10(2)9-12/h5-9,11,17H,4H2,1-3H3. The van der Waals surface area contributed by atoms with Crippen molar-refractivity contribution in [2.24, 2.45) is 0 Å². The highest BCUT2D eigenvalue weighted by atomic mass is 32.1. The molecule has 0 saturated carbocycles. The highest BCUT2D eigenvalue weighted by molar-refractivity contribution is 7.15. The van der Waals surface area contributed by atoms with Gasteiger partial charge < -0.3 is 5.32 Å². The average molecular weight is 263 g/mol. The van der Waals surface area contributed by atoms with Crippen molar-refractivity contribution in [1.82, 2.24) is 5.32 Å². The molecule has 96 valence electrons. The summed E-state index contributed by atoms with van der Waals surface area (Å²) in [6.45, 7) is 7.03. The molecule has 1 unspecified atom stereocenters. The molecule has 0 aliphatic rings. The summed E-state index contributed by atoms with van der Waals surface area (Å²) in [6, 6.07) is 9.92. The van der Waals surface area contributed by atoms with Gasteiger partial charge in [-0.25, -0.2) is 4.39 Å². The molecule has 2 aromatic rings. The van der Waals surface area contributed by atoms with Crippen molar-refractivity contribution >= 4 is 11.3 Å². The number of nitrogens with one attached hydrogen (secondary N) is 1. The largest absolute Gasteiger partial charge is 0.310 e. The summed E-state index contributed by atoms with van der Waals surface area (Å²) in [5.41, 5.74) is 1.79. The van der Waals surface area contributed by atoms with Crippen LogP contribution in [0.1, 0.15) is 30.3 Å². The molecule has 0 radical (unpaired) electrons. The highest BCUT2D eigenvalue weighted by Gasteiger charge is 2.09. The minimum atomic E-state index is -0.142. The maximum atomic E-state index is 13.2. The topological polar surface area (TPSA) is 12.0 Å². The van der Waals surface area contributed by atoms with Gasteiger partial charge >= 0.3 is 0 Å². The quantitative estimate of drug-likeness (QED) is 0.854. The van der Waals surface area contributed by atoms with Crippen LogP contribution in [0.3, 0.4) is 0 Å². The molecule has 1 heterocycles. The van der Waals surface area contributed by atoms with Gasteiger partial charge in [-0.1, -0.05) is 13.0 Å². The third kappa shape index (κ3) is 2.79. The zero-order chi connectivity index (χ0) is 13.1. The molecule has 3 heteroatoms. The number of thiophene rings is 1. The maximum absolute atomic E-state index is 13.2. The number of hydrogen-bond acceptors (Lipinski definition) is 2. The van der Waals surface area contributed by atoms with Crippen LogP contribution >= 0.6 is 11.3 Å². The van der Waals surface area contributed by atoms with Gasteiger partial charge in [0.1, 0.15) is 5.82 Å². The zero-order valence-electron chi connectivity index (χ0n) is 11.0. The van der Waals surface area contributed by atoms with Crippen LogP contribution in [0.2, 0.25) is 0 Å². The second-order valence-corrected chi connectivity index (χ2v) is 5.56. The van der Waals surface area contributed by atoms with E-state index in [2.05, 4.69) is 31.3 Å². The predicted molar refractivity (Wildman–Crippen MR) is 76.5 cm³/mol. The van der Waals surface area contributed by atoms with Crippen molar-refractivity contribution in [3.63, 3.8) is 0 Å². The van der Waals surface area contributed by atoms with Crippen LogP contribution in [-0.4, -0.2) is 6.54 Å². The first-order chi connectivity index (χ1) is 8.61. The average Bonchev–Trinajstić information content (AvgIpc) is 2.82. The molecule has 0 aliphatic carbocycles. The lowest BCUT2D eigenvalue weighted by atomic mass is 10.1. The fourth-order valence-electron chi connectivity index (χ4n) is 1.95. The van der Waals surface area contributed by atoms with Crippen LogP contribution < -0.4 is 5.32 Å². The predicted octanol–water partition coefficient (Wildman–Crippen LogP) is 4.53. The van der Waals surface area contributed by atoms with Crippen molar-refractivity contribution < 1.29 is 4.39 Å². The Morgan fingerprint density at radius 3 is 2.72 bits per heavy atom. The Morgan fingerprint density at radius 1 is 1.28 bits per heavy atom. The molecule has 2 rings (SSSR count). The lowest BCUT2D eigenvalue weighted by Gasteiger charge is -2.09. The SMILES string of the molecule is CCNC(C)c1ccc(-c2ccc(F)c(C)c2)s1. The lowest BCUT2D eigenvalue weighted by molar-refractivity contribution is 0.607. The minimum absolute atomic E-state index is 0.142. The van der Waals surface area contributed by atoms with Crippen molar-refractivity contribution in [2.45, 2.75) is 26.8 Å². The maximum Gasteiger partial charge on any atom is 0.126 e. The molecule has 18 heavy (non-hydrogen) atoms.